The molecule has 3 aromatic rings. The Kier molecular flexibility index (Phi) is 5.19. The molecule has 0 aliphatic rings. The van der Waals surface area contributed by atoms with E-state index >= 15 is 0 Å². The van der Waals surface area contributed by atoms with Crippen molar-refractivity contribution in [1.29, 1.82) is 0 Å². The monoisotopic (exact) mass is 366 g/mol. The number of halogens is 1. The van der Waals surface area contributed by atoms with Crippen LogP contribution in [0.4, 0.5) is 17.3 Å². The van der Waals surface area contributed by atoms with Crippen molar-refractivity contribution < 1.29 is 4.79 Å². The number of nitrogens with zero attached hydrogens (tertiary/aromatic N) is 3. The first-order valence-electron chi connectivity index (χ1n) is 8.15. The Balaban J connectivity index is 1.86. The van der Waals surface area contributed by atoms with Crippen LogP contribution in [0.2, 0.25) is 5.02 Å². The molecule has 0 aliphatic carbocycles. The van der Waals surface area contributed by atoms with Gasteiger partial charge < -0.3 is 10.2 Å². The second kappa shape index (κ2) is 7.54. The van der Waals surface area contributed by atoms with Crippen LogP contribution in [0.1, 0.15) is 21.6 Å². The fourth-order valence-electron chi connectivity index (χ4n) is 2.66. The summed E-state index contributed by atoms with van der Waals surface area (Å²) in [7, 11) is 1.72. The topological polar surface area (TPSA) is 58.1 Å². The second-order valence-electron chi connectivity index (χ2n) is 6.03. The summed E-state index contributed by atoms with van der Waals surface area (Å²) in [4.78, 5) is 22.8. The summed E-state index contributed by atoms with van der Waals surface area (Å²) in [6.07, 6.45) is 1.55. The zero-order valence-corrected chi connectivity index (χ0v) is 15.6. The van der Waals surface area contributed by atoms with Crippen molar-refractivity contribution in [3.05, 3.63) is 76.6 Å². The van der Waals surface area contributed by atoms with Crippen LogP contribution >= 0.6 is 11.6 Å². The van der Waals surface area contributed by atoms with Crippen LogP contribution in [-0.2, 0) is 0 Å². The van der Waals surface area contributed by atoms with Crippen LogP contribution in [0.25, 0.3) is 0 Å². The van der Waals surface area contributed by atoms with E-state index in [2.05, 4.69) is 15.3 Å². The lowest BCUT2D eigenvalue weighted by Gasteiger charge is -2.17. The molecule has 0 saturated carbocycles. The molecule has 0 aliphatic heterocycles. The Morgan fingerprint density at radius 2 is 1.85 bits per heavy atom. The van der Waals surface area contributed by atoms with Crippen molar-refractivity contribution >= 4 is 34.8 Å². The molecule has 6 heteroatoms. The number of amides is 1. The van der Waals surface area contributed by atoms with E-state index in [1.54, 1.807) is 24.2 Å². The lowest BCUT2D eigenvalue weighted by atomic mass is 10.1. The van der Waals surface area contributed by atoms with Crippen LogP contribution in [0.3, 0.4) is 0 Å². The van der Waals surface area contributed by atoms with E-state index in [1.165, 1.54) is 0 Å². The smallest absolute Gasteiger partial charge is 0.276 e. The summed E-state index contributed by atoms with van der Waals surface area (Å²) >= 11 is 6.32. The van der Waals surface area contributed by atoms with Gasteiger partial charge in [-0.15, -0.1) is 0 Å². The Morgan fingerprint density at radius 3 is 2.54 bits per heavy atom. The minimum atomic E-state index is -0.214. The predicted molar refractivity (Wildman–Crippen MR) is 105 cm³/mol. The quantitative estimate of drug-likeness (QED) is 0.722. The third-order valence-corrected chi connectivity index (χ3v) is 4.29. The van der Waals surface area contributed by atoms with Crippen molar-refractivity contribution in [1.82, 2.24) is 9.97 Å². The van der Waals surface area contributed by atoms with E-state index in [0.717, 1.165) is 22.5 Å². The normalized spacial score (nSPS) is 10.5. The number of aryl methyl sites for hydroxylation is 2. The third-order valence-electron chi connectivity index (χ3n) is 3.99. The molecule has 1 heterocycles. The van der Waals surface area contributed by atoms with Gasteiger partial charge >= 0.3 is 0 Å². The van der Waals surface area contributed by atoms with Gasteiger partial charge in [-0.3, -0.25) is 4.79 Å². The first kappa shape index (κ1) is 17.9. The fraction of sp³-hybridized carbons (Fsp3) is 0.150. The van der Waals surface area contributed by atoms with Gasteiger partial charge in [0.05, 0.1) is 10.7 Å². The van der Waals surface area contributed by atoms with Gasteiger partial charge in [0.1, 0.15) is 5.69 Å². The highest BCUT2D eigenvalue weighted by Gasteiger charge is 2.16. The number of nitrogens with one attached hydrogen (secondary N) is 1. The molecule has 132 valence electrons. The number of hydrogen-bond donors (Lipinski definition) is 1. The van der Waals surface area contributed by atoms with Gasteiger partial charge in [-0.1, -0.05) is 35.9 Å². The zero-order chi connectivity index (χ0) is 18.7. The number of benzene rings is 2. The molecule has 1 amide bonds. The maximum atomic E-state index is 12.7. The Hall–Kier alpha value is -2.92. The van der Waals surface area contributed by atoms with Gasteiger partial charge in [-0.05, 0) is 49.2 Å². The number of aromatic nitrogens is 2. The van der Waals surface area contributed by atoms with E-state index in [1.807, 2.05) is 56.3 Å². The molecule has 1 aromatic heterocycles. The predicted octanol–water partition coefficient (Wildman–Crippen LogP) is 4.77. The summed E-state index contributed by atoms with van der Waals surface area (Å²) in [6.45, 7) is 3.94. The Bertz CT molecular complexity index is 921. The van der Waals surface area contributed by atoms with E-state index in [9.17, 15) is 4.79 Å². The maximum absolute atomic E-state index is 12.7. The van der Waals surface area contributed by atoms with Crippen molar-refractivity contribution in [3.63, 3.8) is 0 Å². The minimum Gasteiger partial charge on any atom is -0.323 e. The molecule has 0 atom stereocenters. The summed E-state index contributed by atoms with van der Waals surface area (Å²) < 4.78 is 0. The fourth-order valence-corrected chi connectivity index (χ4v) is 3.03. The number of hydrogen-bond acceptors (Lipinski definition) is 4. The molecule has 0 bridgehead atoms. The average molecular weight is 367 g/mol. The van der Waals surface area contributed by atoms with Gasteiger partial charge in [0.15, 0.2) is 0 Å². The molecule has 26 heavy (non-hydrogen) atoms. The van der Waals surface area contributed by atoms with Crippen LogP contribution in [0.15, 0.2) is 54.7 Å². The highest BCUT2D eigenvalue weighted by Crippen LogP contribution is 2.29. The molecule has 3 rings (SSSR count). The van der Waals surface area contributed by atoms with Crippen molar-refractivity contribution in [2.75, 3.05) is 17.3 Å². The van der Waals surface area contributed by atoms with Gasteiger partial charge in [-0.25, -0.2) is 9.97 Å². The molecule has 0 spiro atoms. The first-order chi connectivity index (χ1) is 12.5. The van der Waals surface area contributed by atoms with Crippen LogP contribution < -0.4 is 10.2 Å². The highest BCUT2D eigenvalue weighted by atomic mass is 35.5. The SMILES string of the molecule is Cc1cc(C)c(Nc2nccc(C(=O)N(C)c3ccccc3)n2)c(Cl)c1. The summed E-state index contributed by atoms with van der Waals surface area (Å²) in [6, 6.07) is 14.9. The molecule has 1 N–H and O–H groups in total. The zero-order valence-electron chi connectivity index (χ0n) is 14.8. The Labute approximate surface area is 157 Å². The minimum absolute atomic E-state index is 0.214. The number of carbonyl (C=O) groups is 1. The summed E-state index contributed by atoms with van der Waals surface area (Å²) in [5, 5.41) is 3.70. The van der Waals surface area contributed by atoms with E-state index in [-0.39, 0.29) is 5.91 Å². The van der Waals surface area contributed by atoms with Crippen LogP contribution in [0, 0.1) is 13.8 Å². The van der Waals surface area contributed by atoms with Gasteiger partial charge in [0.2, 0.25) is 5.95 Å². The lowest BCUT2D eigenvalue weighted by Crippen LogP contribution is -2.27. The summed E-state index contributed by atoms with van der Waals surface area (Å²) in [5.41, 5.74) is 3.89. The maximum Gasteiger partial charge on any atom is 0.276 e. The molecular formula is C20H19ClN4O. The molecule has 0 saturated heterocycles. The van der Waals surface area contributed by atoms with Crippen molar-refractivity contribution in [2.24, 2.45) is 0 Å². The number of anilines is 3. The molecule has 2 aromatic carbocycles. The van der Waals surface area contributed by atoms with E-state index in [4.69, 9.17) is 11.6 Å². The standard InChI is InChI=1S/C20H19ClN4O/c1-13-11-14(2)18(16(21)12-13)24-20-22-10-9-17(23-20)19(26)25(3)15-7-5-4-6-8-15/h4-12H,1-3H3,(H,22,23,24). The molecule has 0 unspecified atom stereocenters. The molecule has 5 nitrogen and oxygen atoms in total. The van der Waals surface area contributed by atoms with Crippen LogP contribution in [-0.4, -0.2) is 22.9 Å². The molecule has 0 fully saturated rings. The van der Waals surface area contributed by atoms with E-state index in [0.29, 0.717) is 16.7 Å². The van der Waals surface area contributed by atoms with Gasteiger partial charge in [0.25, 0.3) is 5.91 Å². The van der Waals surface area contributed by atoms with Crippen molar-refractivity contribution in [3.8, 4) is 0 Å². The number of para-hydroxylation sites is 1. The average Bonchev–Trinajstić information content (AvgIpc) is 2.64. The first-order valence-corrected chi connectivity index (χ1v) is 8.53. The Morgan fingerprint density at radius 1 is 1.12 bits per heavy atom. The lowest BCUT2D eigenvalue weighted by molar-refractivity contribution is 0.0988. The van der Waals surface area contributed by atoms with Gasteiger partial charge in [-0.2, -0.15) is 0 Å². The number of rotatable bonds is 4. The van der Waals surface area contributed by atoms with Gasteiger partial charge in [0, 0.05) is 18.9 Å². The van der Waals surface area contributed by atoms with Crippen molar-refractivity contribution in [2.45, 2.75) is 13.8 Å². The summed E-state index contributed by atoms with van der Waals surface area (Å²) in [5.74, 6) is 0.111. The third kappa shape index (κ3) is 3.83. The second-order valence-corrected chi connectivity index (χ2v) is 6.44. The highest BCUT2D eigenvalue weighted by molar-refractivity contribution is 6.33. The molecule has 0 radical (unpaired) electrons. The largest absolute Gasteiger partial charge is 0.323 e. The number of carbonyl (C=O) groups excluding carboxylic acids is 1. The van der Waals surface area contributed by atoms with E-state index < -0.39 is 0 Å². The molecular weight excluding hydrogens is 348 g/mol. The van der Waals surface area contributed by atoms with Crippen LogP contribution in [0.5, 0.6) is 0 Å².